The number of amides is 2. The Bertz CT molecular complexity index is 1030. The summed E-state index contributed by atoms with van der Waals surface area (Å²) < 4.78 is 0. The first-order valence-electron chi connectivity index (χ1n) is 8.39. The minimum atomic E-state index is -0.624. The molecule has 0 aliphatic rings. The second-order valence-corrected chi connectivity index (χ2v) is 6.58. The standard InChI is InChI=1S/C21H18ClN3O3/c22-15-5-1-12(2-6-15)14-9-17(20(23)18(10-14)21(24)28)13-3-7-16(8-4-13)25-19(27)11-26/h1-10,26H,11,23H2,(H2,24,28)(H,25,27). The van der Waals surface area contributed by atoms with Crippen molar-refractivity contribution in [2.24, 2.45) is 5.73 Å². The van der Waals surface area contributed by atoms with Crippen LogP contribution in [0.15, 0.2) is 60.7 Å². The maximum Gasteiger partial charge on any atom is 0.250 e. The SMILES string of the molecule is NC(=O)c1cc(-c2ccc(Cl)cc2)cc(-c2ccc(NC(=O)CO)cc2)c1N. The highest BCUT2D eigenvalue weighted by Crippen LogP contribution is 2.35. The summed E-state index contributed by atoms with van der Waals surface area (Å²) in [7, 11) is 0. The molecule has 7 heteroatoms. The number of benzene rings is 3. The van der Waals surface area contributed by atoms with Crippen LogP contribution in [-0.2, 0) is 4.79 Å². The maximum atomic E-state index is 11.9. The number of primary amides is 1. The number of rotatable bonds is 5. The first kappa shape index (κ1) is 19.4. The average Bonchev–Trinajstić information content (AvgIpc) is 2.69. The Balaban J connectivity index is 2.08. The van der Waals surface area contributed by atoms with Crippen LogP contribution in [0.1, 0.15) is 10.4 Å². The molecule has 28 heavy (non-hydrogen) atoms. The number of hydrogen-bond donors (Lipinski definition) is 4. The summed E-state index contributed by atoms with van der Waals surface area (Å²) in [6.07, 6.45) is 0. The molecule has 0 aliphatic carbocycles. The summed E-state index contributed by atoms with van der Waals surface area (Å²) in [6.45, 7) is -0.597. The summed E-state index contributed by atoms with van der Waals surface area (Å²) in [6, 6.07) is 17.6. The predicted molar refractivity (Wildman–Crippen MR) is 111 cm³/mol. The van der Waals surface area contributed by atoms with Crippen LogP contribution in [0.3, 0.4) is 0 Å². The third-order valence-corrected chi connectivity index (χ3v) is 4.50. The number of carbonyl (C=O) groups excluding carboxylic acids is 2. The number of halogens is 1. The molecule has 3 aromatic rings. The number of nitrogens with one attached hydrogen (secondary N) is 1. The molecule has 0 aliphatic heterocycles. The normalized spacial score (nSPS) is 10.5. The van der Waals surface area contributed by atoms with Crippen LogP contribution in [0.2, 0.25) is 5.02 Å². The van der Waals surface area contributed by atoms with Crippen molar-refractivity contribution in [2.45, 2.75) is 0 Å². The van der Waals surface area contributed by atoms with E-state index in [2.05, 4.69) is 5.32 Å². The van der Waals surface area contributed by atoms with Crippen molar-refractivity contribution in [3.05, 3.63) is 71.2 Å². The van der Waals surface area contributed by atoms with Gasteiger partial charge in [-0.15, -0.1) is 0 Å². The number of aliphatic hydroxyl groups is 1. The largest absolute Gasteiger partial charge is 0.398 e. The molecular formula is C21H18ClN3O3. The molecular weight excluding hydrogens is 378 g/mol. The second kappa shape index (κ2) is 8.12. The second-order valence-electron chi connectivity index (χ2n) is 6.14. The molecule has 0 saturated heterocycles. The zero-order chi connectivity index (χ0) is 20.3. The molecule has 0 unspecified atom stereocenters. The van der Waals surface area contributed by atoms with E-state index in [1.807, 2.05) is 18.2 Å². The van der Waals surface area contributed by atoms with Crippen LogP contribution >= 0.6 is 11.6 Å². The van der Waals surface area contributed by atoms with Gasteiger partial charge in [0, 0.05) is 16.3 Å². The van der Waals surface area contributed by atoms with Crippen molar-refractivity contribution in [1.82, 2.24) is 0 Å². The molecule has 0 heterocycles. The summed E-state index contributed by atoms with van der Waals surface area (Å²) in [4.78, 5) is 23.2. The highest BCUT2D eigenvalue weighted by Gasteiger charge is 2.15. The van der Waals surface area contributed by atoms with E-state index in [1.165, 1.54) is 0 Å². The van der Waals surface area contributed by atoms with E-state index in [-0.39, 0.29) is 11.3 Å². The number of hydrogen-bond acceptors (Lipinski definition) is 4. The molecule has 6 N–H and O–H groups in total. The van der Waals surface area contributed by atoms with E-state index in [1.54, 1.807) is 42.5 Å². The van der Waals surface area contributed by atoms with Crippen molar-refractivity contribution < 1.29 is 14.7 Å². The van der Waals surface area contributed by atoms with Gasteiger partial charge in [-0.05, 0) is 53.1 Å². The quantitative estimate of drug-likeness (QED) is 0.495. The molecule has 2 amide bonds. The van der Waals surface area contributed by atoms with Gasteiger partial charge in [-0.2, -0.15) is 0 Å². The van der Waals surface area contributed by atoms with Gasteiger partial charge in [0.15, 0.2) is 0 Å². The fraction of sp³-hybridized carbons (Fsp3) is 0.0476. The smallest absolute Gasteiger partial charge is 0.250 e. The van der Waals surface area contributed by atoms with E-state index in [0.29, 0.717) is 16.3 Å². The van der Waals surface area contributed by atoms with Gasteiger partial charge in [-0.3, -0.25) is 9.59 Å². The van der Waals surface area contributed by atoms with E-state index in [9.17, 15) is 9.59 Å². The number of nitrogen functional groups attached to an aromatic ring is 1. The lowest BCUT2D eigenvalue weighted by Gasteiger charge is -2.14. The first-order chi connectivity index (χ1) is 13.4. The minimum Gasteiger partial charge on any atom is -0.398 e. The van der Waals surface area contributed by atoms with Crippen molar-refractivity contribution >= 4 is 34.8 Å². The summed E-state index contributed by atoms with van der Waals surface area (Å²) >= 11 is 5.95. The number of aliphatic hydroxyl groups excluding tert-OH is 1. The molecule has 6 nitrogen and oxygen atoms in total. The Morgan fingerprint density at radius 1 is 0.929 bits per heavy atom. The van der Waals surface area contributed by atoms with E-state index >= 15 is 0 Å². The Kier molecular flexibility index (Phi) is 5.63. The molecule has 0 fully saturated rings. The molecule has 0 saturated carbocycles. The summed E-state index contributed by atoms with van der Waals surface area (Å²) in [5.41, 5.74) is 15.8. The third-order valence-electron chi connectivity index (χ3n) is 4.25. The van der Waals surface area contributed by atoms with Gasteiger partial charge in [0.2, 0.25) is 5.91 Å². The number of anilines is 2. The minimum absolute atomic E-state index is 0.222. The zero-order valence-electron chi connectivity index (χ0n) is 14.8. The fourth-order valence-corrected chi connectivity index (χ4v) is 2.96. The monoisotopic (exact) mass is 395 g/mol. The summed E-state index contributed by atoms with van der Waals surface area (Å²) in [5, 5.41) is 12.0. The van der Waals surface area contributed by atoms with Gasteiger partial charge in [0.25, 0.3) is 5.91 Å². The molecule has 3 aromatic carbocycles. The van der Waals surface area contributed by atoms with Crippen molar-refractivity contribution in [3.8, 4) is 22.3 Å². The van der Waals surface area contributed by atoms with Crippen LogP contribution in [0.4, 0.5) is 11.4 Å². The molecule has 0 radical (unpaired) electrons. The lowest BCUT2D eigenvalue weighted by Crippen LogP contribution is -2.15. The zero-order valence-corrected chi connectivity index (χ0v) is 15.5. The Morgan fingerprint density at radius 3 is 2.11 bits per heavy atom. The van der Waals surface area contributed by atoms with Crippen molar-refractivity contribution in [2.75, 3.05) is 17.7 Å². The van der Waals surface area contributed by atoms with E-state index < -0.39 is 18.4 Å². The van der Waals surface area contributed by atoms with Crippen molar-refractivity contribution in [1.29, 1.82) is 0 Å². The number of nitrogens with two attached hydrogens (primary N) is 2. The first-order valence-corrected chi connectivity index (χ1v) is 8.77. The van der Waals surface area contributed by atoms with Crippen LogP contribution in [-0.4, -0.2) is 23.5 Å². The molecule has 3 rings (SSSR count). The molecule has 0 aromatic heterocycles. The maximum absolute atomic E-state index is 11.9. The molecule has 0 spiro atoms. The van der Waals surface area contributed by atoms with Gasteiger partial charge < -0.3 is 21.9 Å². The van der Waals surface area contributed by atoms with Crippen LogP contribution in [0, 0.1) is 0 Å². The molecule has 0 bridgehead atoms. The topological polar surface area (TPSA) is 118 Å². The van der Waals surface area contributed by atoms with Crippen LogP contribution < -0.4 is 16.8 Å². The average molecular weight is 396 g/mol. The predicted octanol–water partition coefficient (Wildman–Crippen LogP) is 3.29. The van der Waals surface area contributed by atoms with E-state index in [4.69, 9.17) is 28.2 Å². The highest BCUT2D eigenvalue weighted by molar-refractivity contribution is 6.30. The molecule has 0 atom stereocenters. The highest BCUT2D eigenvalue weighted by atomic mass is 35.5. The Labute approximate surface area is 166 Å². The molecule has 142 valence electrons. The van der Waals surface area contributed by atoms with Gasteiger partial charge in [-0.25, -0.2) is 0 Å². The van der Waals surface area contributed by atoms with Crippen LogP contribution in [0.5, 0.6) is 0 Å². The number of carbonyl (C=O) groups is 2. The van der Waals surface area contributed by atoms with Gasteiger partial charge in [-0.1, -0.05) is 35.9 Å². The van der Waals surface area contributed by atoms with Crippen molar-refractivity contribution in [3.63, 3.8) is 0 Å². The fourth-order valence-electron chi connectivity index (χ4n) is 2.84. The third kappa shape index (κ3) is 4.14. The van der Waals surface area contributed by atoms with Gasteiger partial charge in [0.1, 0.15) is 6.61 Å². The van der Waals surface area contributed by atoms with Crippen LogP contribution in [0.25, 0.3) is 22.3 Å². The summed E-state index contributed by atoms with van der Waals surface area (Å²) in [5.74, 6) is -1.13. The Morgan fingerprint density at radius 2 is 1.54 bits per heavy atom. The Hall–Kier alpha value is -3.35. The lowest BCUT2D eigenvalue weighted by molar-refractivity contribution is -0.118. The lowest BCUT2D eigenvalue weighted by atomic mass is 9.93. The van der Waals surface area contributed by atoms with Gasteiger partial charge in [0.05, 0.1) is 11.3 Å². The van der Waals surface area contributed by atoms with E-state index in [0.717, 1.165) is 16.7 Å². The van der Waals surface area contributed by atoms with Gasteiger partial charge >= 0.3 is 0 Å².